The number of hydrogen-bond donors (Lipinski definition) is 1. The molecule has 7 heavy (non-hydrogen) atoms. The fraction of sp³-hybridized carbons (Fsp3) is 0.500. The monoisotopic (exact) mass is 100 g/mol. The first-order chi connectivity index (χ1) is 3.39. The first-order valence-electron chi connectivity index (χ1n) is 2.17. The minimum atomic E-state index is 0.903. The van der Waals surface area contributed by atoms with Crippen molar-refractivity contribution in [1.82, 2.24) is 10.6 Å². The van der Waals surface area contributed by atoms with Crippen molar-refractivity contribution in [1.29, 1.82) is 0 Å². The van der Waals surface area contributed by atoms with Gasteiger partial charge in [0, 0.05) is 13.6 Å². The second-order valence-electron chi connectivity index (χ2n) is 1.46. The normalized spacial score (nSPS) is 21.9. The van der Waals surface area contributed by atoms with Crippen molar-refractivity contribution in [3.63, 3.8) is 0 Å². The second-order valence-corrected chi connectivity index (χ2v) is 1.46. The summed E-state index contributed by atoms with van der Waals surface area (Å²) in [6.07, 6.45) is 3.55. The Kier molecular flexibility index (Phi) is 1.29. The minimum Gasteiger partial charge on any atom is -0.402 e. The zero-order chi connectivity index (χ0) is 5.11. The highest BCUT2D eigenvalue weighted by atomic mass is 16.7. The molecule has 0 fully saturated rings. The van der Waals surface area contributed by atoms with E-state index in [1.807, 2.05) is 18.1 Å². The van der Waals surface area contributed by atoms with Crippen molar-refractivity contribution in [2.24, 2.45) is 0 Å². The fourth-order valence-electron chi connectivity index (χ4n) is 0.407. The van der Waals surface area contributed by atoms with E-state index in [-0.39, 0.29) is 0 Å². The van der Waals surface area contributed by atoms with Gasteiger partial charge in [-0.15, -0.1) is 0 Å². The lowest BCUT2D eigenvalue weighted by Crippen LogP contribution is -2.35. The standard InChI is InChI=1S/C4H8N2O/c1-6-3-2-4-7-5-6/h2,4-5H,3H2,1H3. The predicted molar refractivity (Wildman–Crippen MR) is 26.0 cm³/mol. The van der Waals surface area contributed by atoms with Gasteiger partial charge in [-0.2, -0.15) is 0 Å². The molecule has 0 spiro atoms. The molecule has 1 aliphatic rings. The molecular weight excluding hydrogens is 92.1 g/mol. The van der Waals surface area contributed by atoms with Crippen LogP contribution in [0.4, 0.5) is 0 Å². The molecule has 0 aromatic heterocycles. The van der Waals surface area contributed by atoms with E-state index in [2.05, 4.69) is 10.4 Å². The molecule has 1 rings (SSSR count). The Bertz CT molecular complexity index is 81.8. The first kappa shape index (κ1) is 4.61. The Morgan fingerprint density at radius 3 is 3.00 bits per heavy atom. The van der Waals surface area contributed by atoms with Crippen LogP contribution in [-0.4, -0.2) is 18.6 Å². The van der Waals surface area contributed by atoms with Gasteiger partial charge in [0.2, 0.25) is 0 Å². The average Bonchev–Trinajstić information content (AvgIpc) is 1.69. The van der Waals surface area contributed by atoms with Crippen LogP contribution >= 0.6 is 0 Å². The molecule has 0 amide bonds. The van der Waals surface area contributed by atoms with E-state index in [1.165, 1.54) is 0 Å². The van der Waals surface area contributed by atoms with E-state index in [0.29, 0.717) is 0 Å². The van der Waals surface area contributed by atoms with E-state index in [9.17, 15) is 0 Å². The van der Waals surface area contributed by atoms with Crippen LogP contribution in [0.1, 0.15) is 0 Å². The molecule has 3 heteroatoms. The topological polar surface area (TPSA) is 24.5 Å². The summed E-state index contributed by atoms with van der Waals surface area (Å²) in [6, 6.07) is 0. The van der Waals surface area contributed by atoms with Gasteiger partial charge in [0.25, 0.3) is 0 Å². The van der Waals surface area contributed by atoms with Crippen molar-refractivity contribution in [2.75, 3.05) is 13.6 Å². The number of hydrazine groups is 1. The van der Waals surface area contributed by atoms with Gasteiger partial charge in [-0.3, -0.25) is 0 Å². The second kappa shape index (κ2) is 1.95. The summed E-state index contributed by atoms with van der Waals surface area (Å²) in [7, 11) is 1.91. The molecule has 0 aliphatic carbocycles. The lowest BCUT2D eigenvalue weighted by atomic mass is 10.6. The quantitative estimate of drug-likeness (QED) is 0.459. The molecule has 0 bridgehead atoms. The Morgan fingerprint density at radius 1 is 1.86 bits per heavy atom. The third kappa shape index (κ3) is 1.17. The van der Waals surface area contributed by atoms with Gasteiger partial charge in [-0.25, -0.2) is 5.01 Å². The minimum absolute atomic E-state index is 0.903. The molecular formula is C4H8N2O. The van der Waals surface area contributed by atoms with Crippen LogP contribution in [0.15, 0.2) is 12.3 Å². The van der Waals surface area contributed by atoms with Gasteiger partial charge in [0.15, 0.2) is 0 Å². The maximum atomic E-state index is 4.68. The Labute approximate surface area is 42.5 Å². The Hall–Kier alpha value is -0.540. The average molecular weight is 100 g/mol. The van der Waals surface area contributed by atoms with Crippen molar-refractivity contribution >= 4 is 0 Å². The zero-order valence-electron chi connectivity index (χ0n) is 4.22. The van der Waals surface area contributed by atoms with Crippen LogP contribution in [-0.2, 0) is 4.84 Å². The van der Waals surface area contributed by atoms with Crippen LogP contribution in [0.5, 0.6) is 0 Å². The highest BCUT2D eigenvalue weighted by molar-refractivity contribution is 4.77. The first-order valence-corrected chi connectivity index (χ1v) is 2.17. The van der Waals surface area contributed by atoms with E-state index >= 15 is 0 Å². The van der Waals surface area contributed by atoms with Crippen LogP contribution in [0.2, 0.25) is 0 Å². The third-order valence-corrected chi connectivity index (χ3v) is 0.752. The van der Waals surface area contributed by atoms with Crippen molar-refractivity contribution < 1.29 is 4.84 Å². The van der Waals surface area contributed by atoms with Gasteiger partial charge in [0.1, 0.15) is 6.26 Å². The zero-order valence-corrected chi connectivity index (χ0v) is 4.22. The Balaban J connectivity index is 2.32. The van der Waals surface area contributed by atoms with Crippen molar-refractivity contribution in [2.45, 2.75) is 0 Å². The molecule has 0 aromatic rings. The van der Waals surface area contributed by atoms with Gasteiger partial charge >= 0.3 is 0 Å². The maximum absolute atomic E-state index is 4.68. The summed E-state index contributed by atoms with van der Waals surface area (Å²) in [5.74, 6) is 0. The number of nitrogens with one attached hydrogen (secondary N) is 1. The van der Waals surface area contributed by atoms with Crippen LogP contribution in [0, 0.1) is 0 Å². The summed E-state index contributed by atoms with van der Waals surface area (Å²) < 4.78 is 0. The molecule has 0 saturated carbocycles. The fourth-order valence-corrected chi connectivity index (χ4v) is 0.407. The molecule has 0 unspecified atom stereocenters. The molecule has 3 nitrogen and oxygen atoms in total. The van der Waals surface area contributed by atoms with E-state index in [4.69, 9.17) is 0 Å². The molecule has 1 heterocycles. The van der Waals surface area contributed by atoms with Gasteiger partial charge in [-0.1, -0.05) is 5.59 Å². The van der Waals surface area contributed by atoms with E-state index in [0.717, 1.165) is 6.54 Å². The number of rotatable bonds is 0. The number of likely N-dealkylation sites (N-methyl/N-ethyl adjacent to an activating group) is 1. The number of nitrogens with zero attached hydrogens (tertiary/aromatic N) is 1. The predicted octanol–water partition coefficient (Wildman–Crippen LogP) is -0.118. The molecule has 0 atom stereocenters. The van der Waals surface area contributed by atoms with Gasteiger partial charge in [0.05, 0.1) is 0 Å². The highest BCUT2D eigenvalue weighted by Crippen LogP contribution is 1.85. The van der Waals surface area contributed by atoms with Gasteiger partial charge < -0.3 is 4.84 Å². The van der Waals surface area contributed by atoms with E-state index < -0.39 is 0 Å². The SMILES string of the molecule is CN1CC=CON1. The lowest BCUT2D eigenvalue weighted by molar-refractivity contribution is -0.0222. The van der Waals surface area contributed by atoms with Crippen LogP contribution < -0.4 is 5.59 Å². The lowest BCUT2D eigenvalue weighted by Gasteiger charge is -2.17. The molecule has 40 valence electrons. The third-order valence-electron chi connectivity index (χ3n) is 0.752. The largest absolute Gasteiger partial charge is 0.402 e. The highest BCUT2D eigenvalue weighted by Gasteiger charge is 1.94. The van der Waals surface area contributed by atoms with Crippen LogP contribution in [0.25, 0.3) is 0 Å². The summed E-state index contributed by atoms with van der Waals surface area (Å²) >= 11 is 0. The molecule has 1 N–H and O–H groups in total. The van der Waals surface area contributed by atoms with Gasteiger partial charge in [-0.05, 0) is 6.08 Å². The summed E-state index contributed by atoms with van der Waals surface area (Å²) in [6.45, 7) is 0.903. The molecule has 0 saturated heterocycles. The molecule has 0 aromatic carbocycles. The van der Waals surface area contributed by atoms with E-state index in [1.54, 1.807) is 6.26 Å². The molecule has 0 radical (unpaired) electrons. The summed E-state index contributed by atoms with van der Waals surface area (Å²) in [4.78, 5) is 4.68. The van der Waals surface area contributed by atoms with Crippen LogP contribution in [0.3, 0.4) is 0 Å². The van der Waals surface area contributed by atoms with Crippen molar-refractivity contribution in [3.05, 3.63) is 12.3 Å². The molecule has 1 aliphatic heterocycles. The summed E-state index contributed by atoms with van der Waals surface area (Å²) in [5, 5.41) is 1.83. The summed E-state index contributed by atoms with van der Waals surface area (Å²) in [5.41, 5.74) is 2.63. The smallest absolute Gasteiger partial charge is 0.110 e. The number of hydrogen-bond acceptors (Lipinski definition) is 3. The maximum Gasteiger partial charge on any atom is 0.110 e. The van der Waals surface area contributed by atoms with Crippen molar-refractivity contribution in [3.8, 4) is 0 Å². The Morgan fingerprint density at radius 2 is 2.71 bits per heavy atom.